The molecule has 0 amide bonds. The Morgan fingerprint density at radius 3 is 2.85 bits per heavy atom. The smallest absolute Gasteiger partial charge is 0.0553 e. The van der Waals surface area contributed by atoms with E-state index in [1.165, 1.54) is 9.75 Å². The van der Waals surface area contributed by atoms with Crippen LogP contribution in [0.3, 0.4) is 0 Å². The van der Waals surface area contributed by atoms with Crippen LogP contribution in [0.2, 0.25) is 0 Å². The van der Waals surface area contributed by atoms with E-state index in [1.807, 2.05) is 0 Å². The molecular weight excluding hydrogens is 204 g/mol. The summed E-state index contributed by atoms with van der Waals surface area (Å²) in [4.78, 5) is 2.62. The van der Waals surface area contributed by atoms with Gasteiger partial charge in [0.05, 0.1) is 6.04 Å². The van der Waals surface area contributed by atoms with Crippen molar-refractivity contribution in [1.29, 1.82) is 0 Å². The number of rotatable bonds is 5. The summed E-state index contributed by atoms with van der Waals surface area (Å²) in [5, 5.41) is 0. The highest BCUT2D eigenvalue weighted by Crippen LogP contribution is 2.25. The van der Waals surface area contributed by atoms with Gasteiger partial charge in [-0.25, -0.2) is 0 Å². The summed E-state index contributed by atoms with van der Waals surface area (Å²) in [7, 11) is 0. The summed E-state index contributed by atoms with van der Waals surface area (Å²) < 4.78 is 0. The molecule has 0 aliphatic heterocycles. The lowest BCUT2D eigenvalue weighted by molar-refractivity contribution is 0.519. The van der Waals surface area contributed by atoms with Crippen LogP contribution in [0.25, 0.3) is 0 Å². The molecule has 0 aromatic carbocycles. The molecule has 1 heterocycles. The van der Waals surface area contributed by atoms with Gasteiger partial charge < -0.3 is 0 Å². The van der Waals surface area contributed by atoms with Gasteiger partial charge in [-0.05, 0) is 31.9 Å². The minimum Gasteiger partial charge on any atom is -0.271 e. The average Bonchev–Trinajstić information content (AvgIpc) is 2.54. The number of hydrogen-bond acceptors (Lipinski definition) is 3. The number of nitrogens with one attached hydrogen (secondary N) is 1. The van der Waals surface area contributed by atoms with Crippen molar-refractivity contribution in [2.45, 2.75) is 25.8 Å². The van der Waals surface area contributed by atoms with Crippen molar-refractivity contribution in [3.63, 3.8) is 0 Å². The molecule has 1 atom stereocenters. The van der Waals surface area contributed by atoms with Gasteiger partial charge in [-0.15, -0.1) is 22.9 Å². The number of thiophene rings is 1. The second-order valence-corrected chi connectivity index (χ2v) is 4.70. The van der Waals surface area contributed by atoms with Crippen molar-refractivity contribution in [1.82, 2.24) is 5.43 Å². The van der Waals surface area contributed by atoms with Crippen LogP contribution in [0.4, 0.5) is 0 Å². The predicted molar refractivity (Wildman–Crippen MR) is 59.1 cm³/mol. The van der Waals surface area contributed by atoms with Gasteiger partial charge in [0.2, 0.25) is 0 Å². The Kier molecular flexibility index (Phi) is 4.73. The highest BCUT2D eigenvalue weighted by Gasteiger charge is 2.10. The third-order valence-corrected chi connectivity index (χ3v) is 3.31. The van der Waals surface area contributed by atoms with E-state index >= 15 is 0 Å². The fraction of sp³-hybridized carbons (Fsp3) is 0.556. The van der Waals surface area contributed by atoms with Crippen molar-refractivity contribution in [2.75, 3.05) is 5.88 Å². The molecule has 0 bridgehead atoms. The molecule has 74 valence electrons. The Bertz CT molecular complexity index is 250. The first kappa shape index (κ1) is 11.0. The molecule has 1 aromatic heterocycles. The molecule has 0 aliphatic rings. The van der Waals surface area contributed by atoms with Gasteiger partial charge in [0, 0.05) is 15.6 Å². The minimum atomic E-state index is 0.262. The molecular formula is C9H15ClN2S. The molecule has 0 aliphatic carbocycles. The maximum atomic E-state index is 5.63. The van der Waals surface area contributed by atoms with Crippen molar-refractivity contribution >= 4 is 22.9 Å². The summed E-state index contributed by atoms with van der Waals surface area (Å²) in [5.74, 6) is 6.17. The van der Waals surface area contributed by atoms with Gasteiger partial charge in [0.15, 0.2) is 0 Å². The van der Waals surface area contributed by atoms with Gasteiger partial charge in [-0.2, -0.15) is 0 Å². The molecule has 3 N–H and O–H groups in total. The maximum absolute atomic E-state index is 5.63. The van der Waals surface area contributed by atoms with E-state index < -0.39 is 0 Å². The van der Waals surface area contributed by atoms with E-state index in [0.29, 0.717) is 5.88 Å². The van der Waals surface area contributed by atoms with Crippen LogP contribution in [-0.4, -0.2) is 5.88 Å². The van der Waals surface area contributed by atoms with E-state index in [9.17, 15) is 0 Å². The van der Waals surface area contributed by atoms with Crippen LogP contribution in [0.5, 0.6) is 0 Å². The van der Waals surface area contributed by atoms with Crippen molar-refractivity contribution in [2.24, 2.45) is 5.84 Å². The molecule has 1 unspecified atom stereocenters. The second-order valence-electron chi connectivity index (χ2n) is 3.00. The van der Waals surface area contributed by atoms with Crippen LogP contribution in [-0.2, 0) is 0 Å². The predicted octanol–water partition coefficient (Wildman–Crippen LogP) is 2.58. The van der Waals surface area contributed by atoms with E-state index in [-0.39, 0.29) is 6.04 Å². The third kappa shape index (κ3) is 3.27. The Balaban J connectivity index is 2.56. The second kappa shape index (κ2) is 5.60. The van der Waals surface area contributed by atoms with Gasteiger partial charge >= 0.3 is 0 Å². The van der Waals surface area contributed by atoms with Gasteiger partial charge in [0.1, 0.15) is 0 Å². The molecule has 0 saturated carbocycles. The first-order chi connectivity index (χ1) is 6.27. The monoisotopic (exact) mass is 218 g/mol. The zero-order valence-corrected chi connectivity index (χ0v) is 9.29. The first-order valence-corrected chi connectivity index (χ1v) is 5.71. The SMILES string of the molecule is Cc1ccc(C(CCCCl)NN)s1. The minimum absolute atomic E-state index is 0.262. The lowest BCUT2D eigenvalue weighted by Gasteiger charge is -2.12. The molecule has 1 rings (SSSR count). The molecule has 0 saturated heterocycles. The van der Waals surface area contributed by atoms with Crippen molar-refractivity contribution in [3.8, 4) is 0 Å². The van der Waals surface area contributed by atoms with Crippen LogP contribution in [0.1, 0.15) is 28.6 Å². The Morgan fingerprint density at radius 2 is 2.38 bits per heavy atom. The molecule has 13 heavy (non-hydrogen) atoms. The van der Waals surface area contributed by atoms with E-state index in [0.717, 1.165) is 12.8 Å². The number of halogens is 1. The quantitative estimate of drug-likeness (QED) is 0.453. The summed E-state index contributed by atoms with van der Waals surface area (Å²) in [5.41, 5.74) is 2.82. The standard InChI is InChI=1S/C9H15ClN2S/c1-7-4-5-9(13-7)8(12-11)3-2-6-10/h4-5,8,12H,2-3,6,11H2,1H3. The fourth-order valence-electron chi connectivity index (χ4n) is 1.23. The largest absolute Gasteiger partial charge is 0.271 e. The third-order valence-electron chi connectivity index (χ3n) is 1.93. The number of nitrogens with two attached hydrogens (primary N) is 1. The lowest BCUT2D eigenvalue weighted by atomic mass is 10.1. The summed E-state index contributed by atoms with van der Waals surface area (Å²) in [6.45, 7) is 2.10. The van der Waals surface area contributed by atoms with Crippen LogP contribution >= 0.6 is 22.9 Å². The number of hydrogen-bond donors (Lipinski definition) is 2. The van der Waals surface area contributed by atoms with Gasteiger partial charge in [0.25, 0.3) is 0 Å². The zero-order valence-electron chi connectivity index (χ0n) is 7.72. The highest BCUT2D eigenvalue weighted by molar-refractivity contribution is 7.12. The normalized spacial score (nSPS) is 13.2. The number of alkyl halides is 1. The van der Waals surface area contributed by atoms with Gasteiger partial charge in [-0.1, -0.05) is 0 Å². The molecule has 0 spiro atoms. The summed E-state index contributed by atoms with van der Waals surface area (Å²) in [6.07, 6.45) is 1.99. The van der Waals surface area contributed by atoms with E-state index in [4.69, 9.17) is 17.4 Å². The Labute approximate surface area is 88.1 Å². The van der Waals surface area contributed by atoms with Crippen LogP contribution in [0.15, 0.2) is 12.1 Å². The molecule has 1 aromatic rings. The number of hydrazine groups is 1. The highest BCUT2D eigenvalue weighted by atomic mass is 35.5. The molecule has 0 radical (unpaired) electrons. The van der Waals surface area contributed by atoms with Crippen LogP contribution in [0, 0.1) is 6.92 Å². The maximum Gasteiger partial charge on any atom is 0.0553 e. The molecule has 4 heteroatoms. The topological polar surface area (TPSA) is 38.0 Å². The zero-order chi connectivity index (χ0) is 9.68. The lowest BCUT2D eigenvalue weighted by Crippen LogP contribution is -2.27. The van der Waals surface area contributed by atoms with Crippen LogP contribution < -0.4 is 11.3 Å². The van der Waals surface area contributed by atoms with Crippen molar-refractivity contribution in [3.05, 3.63) is 21.9 Å². The summed E-state index contributed by atoms with van der Waals surface area (Å²) >= 11 is 7.42. The van der Waals surface area contributed by atoms with E-state index in [2.05, 4.69) is 24.5 Å². The summed E-state index contributed by atoms with van der Waals surface area (Å²) in [6, 6.07) is 4.50. The molecule has 2 nitrogen and oxygen atoms in total. The number of aryl methyl sites for hydroxylation is 1. The fourth-order valence-corrected chi connectivity index (χ4v) is 2.36. The van der Waals surface area contributed by atoms with Crippen molar-refractivity contribution < 1.29 is 0 Å². The molecule has 0 fully saturated rings. The Hall–Kier alpha value is -0.0900. The Morgan fingerprint density at radius 1 is 1.62 bits per heavy atom. The van der Waals surface area contributed by atoms with E-state index in [1.54, 1.807) is 11.3 Å². The van der Waals surface area contributed by atoms with Gasteiger partial charge in [-0.3, -0.25) is 11.3 Å². The first-order valence-electron chi connectivity index (χ1n) is 4.36. The average molecular weight is 219 g/mol.